The maximum atomic E-state index is 9.76. The van der Waals surface area contributed by atoms with Gasteiger partial charge in [0.2, 0.25) is 0 Å². The lowest BCUT2D eigenvalue weighted by atomic mass is 9.99. The number of hydrogen-bond donors (Lipinski definition) is 4. The van der Waals surface area contributed by atoms with Gasteiger partial charge in [0.05, 0.1) is 13.2 Å². The molecule has 0 aliphatic carbocycles. The molecule has 2 rings (SSSR count). The minimum absolute atomic E-state index is 0.198. The van der Waals surface area contributed by atoms with Crippen molar-refractivity contribution in [3.8, 4) is 0 Å². The average Bonchev–Trinajstić information content (AvgIpc) is 2.45. The SMILES string of the molecule is OC[C@@H]1O[C@H](OCc2ccccc2)[C@@H](O)[C@@H](O)[C@@H]1O. The van der Waals surface area contributed by atoms with Crippen molar-refractivity contribution in [1.82, 2.24) is 0 Å². The number of aliphatic hydroxyl groups is 4. The highest BCUT2D eigenvalue weighted by Crippen LogP contribution is 2.22. The van der Waals surface area contributed by atoms with Crippen LogP contribution >= 0.6 is 0 Å². The molecular weight excluding hydrogens is 252 g/mol. The molecule has 5 atom stereocenters. The minimum Gasteiger partial charge on any atom is -0.394 e. The summed E-state index contributed by atoms with van der Waals surface area (Å²) in [5.74, 6) is 0. The third-order valence-electron chi connectivity index (χ3n) is 3.11. The molecule has 0 saturated carbocycles. The van der Waals surface area contributed by atoms with Crippen molar-refractivity contribution in [3.05, 3.63) is 35.9 Å². The molecule has 0 unspecified atom stereocenters. The number of rotatable bonds is 4. The Kier molecular flexibility index (Phi) is 4.87. The zero-order valence-electron chi connectivity index (χ0n) is 10.3. The Morgan fingerprint density at radius 1 is 1.00 bits per heavy atom. The van der Waals surface area contributed by atoms with Gasteiger partial charge in [-0.05, 0) is 5.56 Å². The van der Waals surface area contributed by atoms with Crippen LogP contribution in [-0.2, 0) is 16.1 Å². The topological polar surface area (TPSA) is 99.4 Å². The van der Waals surface area contributed by atoms with E-state index >= 15 is 0 Å². The smallest absolute Gasteiger partial charge is 0.187 e. The van der Waals surface area contributed by atoms with E-state index < -0.39 is 37.3 Å². The van der Waals surface area contributed by atoms with E-state index in [0.29, 0.717) is 0 Å². The normalized spacial score (nSPS) is 35.3. The molecule has 1 aromatic carbocycles. The summed E-state index contributed by atoms with van der Waals surface area (Å²) in [6.45, 7) is -0.264. The summed E-state index contributed by atoms with van der Waals surface area (Å²) in [5.41, 5.74) is 0.888. The standard InChI is InChI=1S/C13H18O6/c14-6-9-10(15)11(16)12(17)13(19-9)18-7-8-4-2-1-3-5-8/h1-5,9-17H,6-7H2/t9-,10+,11-,12-,13-/m0/s1. The second kappa shape index (κ2) is 6.42. The fourth-order valence-corrected chi connectivity index (χ4v) is 1.96. The van der Waals surface area contributed by atoms with Crippen molar-refractivity contribution in [2.24, 2.45) is 0 Å². The number of ether oxygens (including phenoxy) is 2. The average molecular weight is 270 g/mol. The first-order valence-electron chi connectivity index (χ1n) is 6.09. The molecule has 1 heterocycles. The van der Waals surface area contributed by atoms with Gasteiger partial charge in [-0.2, -0.15) is 0 Å². The van der Waals surface area contributed by atoms with Crippen LogP contribution in [0.25, 0.3) is 0 Å². The first-order valence-corrected chi connectivity index (χ1v) is 6.09. The van der Waals surface area contributed by atoms with Gasteiger partial charge in [0.25, 0.3) is 0 Å². The summed E-state index contributed by atoms with van der Waals surface area (Å²) >= 11 is 0. The van der Waals surface area contributed by atoms with E-state index in [1.807, 2.05) is 30.3 Å². The summed E-state index contributed by atoms with van der Waals surface area (Å²) in [6, 6.07) is 9.28. The molecule has 19 heavy (non-hydrogen) atoms. The molecule has 1 aliphatic heterocycles. The molecule has 1 aliphatic rings. The summed E-state index contributed by atoms with van der Waals surface area (Å²) < 4.78 is 10.6. The zero-order chi connectivity index (χ0) is 13.8. The molecule has 1 saturated heterocycles. The Morgan fingerprint density at radius 3 is 2.32 bits per heavy atom. The molecule has 1 aromatic rings. The lowest BCUT2D eigenvalue weighted by Gasteiger charge is -2.39. The first kappa shape index (κ1) is 14.4. The van der Waals surface area contributed by atoms with Gasteiger partial charge in [0.1, 0.15) is 24.4 Å². The molecule has 6 nitrogen and oxygen atoms in total. The molecule has 0 spiro atoms. The number of aliphatic hydroxyl groups excluding tert-OH is 4. The Morgan fingerprint density at radius 2 is 1.68 bits per heavy atom. The predicted molar refractivity (Wildman–Crippen MR) is 65.0 cm³/mol. The quantitative estimate of drug-likeness (QED) is 0.560. The maximum absolute atomic E-state index is 9.76. The van der Waals surface area contributed by atoms with Gasteiger partial charge in [0, 0.05) is 0 Å². The van der Waals surface area contributed by atoms with Crippen molar-refractivity contribution < 1.29 is 29.9 Å². The van der Waals surface area contributed by atoms with Gasteiger partial charge < -0.3 is 29.9 Å². The van der Waals surface area contributed by atoms with Crippen LogP contribution in [0.1, 0.15) is 5.56 Å². The van der Waals surface area contributed by atoms with Crippen molar-refractivity contribution in [2.45, 2.75) is 37.3 Å². The fourth-order valence-electron chi connectivity index (χ4n) is 1.96. The summed E-state index contributed by atoms with van der Waals surface area (Å²) in [7, 11) is 0. The van der Waals surface area contributed by atoms with Gasteiger partial charge in [-0.3, -0.25) is 0 Å². The van der Waals surface area contributed by atoms with Crippen molar-refractivity contribution >= 4 is 0 Å². The molecular formula is C13H18O6. The molecule has 6 heteroatoms. The summed E-state index contributed by atoms with van der Waals surface area (Å²) in [5, 5.41) is 38.0. The fraction of sp³-hybridized carbons (Fsp3) is 0.538. The van der Waals surface area contributed by atoms with Crippen LogP contribution in [0.2, 0.25) is 0 Å². The predicted octanol–water partition coefficient (Wildman–Crippen LogP) is -0.997. The van der Waals surface area contributed by atoms with Crippen LogP contribution in [0.15, 0.2) is 30.3 Å². The Bertz CT molecular complexity index is 382. The first-order chi connectivity index (χ1) is 9.13. The highest BCUT2D eigenvalue weighted by molar-refractivity contribution is 5.13. The number of benzene rings is 1. The molecule has 0 bridgehead atoms. The number of hydrogen-bond acceptors (Lipinski definition) is 6. The van der Waals surface area contributed by atoms with Crippen LogP contribution in [0.5, 0.6) is 0 Å². The summed E-state index contributed by atoms with van der Waals surface area (Å²) in [6.07, 6.45) is -6.17. The molecule has 0 aromatic heterocycles. The van der Waals surface area contributed by atoms with Crippen molar-refractivity contribution in [1.29, 1.82) is 0 Å². The van der Waals surface area contributed by atoms with Gasteiger partial charge in [-0.15, -0.1) is 0 Å². The second-order valence-corrected chi connectivity index (χ2v) is 4.49. The highest BCUT2D eigenvalue weighted by atomic mass is 16.7. The van der Waals surface area contributed by atoms with E-state index in [9.17, 15) is 15.3 Å². The van der Waals surface area contributed by atoms with E-state index in [0.717, 1.165) is 5.56 Å². The van der Waals surface area contributed by atoms with Crippen LogP contribution < -0.4 is 0 Å². The monoisotopic (exact) mass is 270 g/mol. The second-order valence-electron chi connectivity index (χ2n) is 4.49. The minimum atomic E-state index is -1.41. The summed E-state index contributed by atoms with van der Waals surface area (Å²) in [4.78, 5) is 0. The Balaban J connectivity index is 1.95. The van der Waals surface area contributed by atoms with E-state index in [-0.39, 0.29) is 6.61 Å². The lowest BCUT2D eigenvalue weighted by Crippen LogP contribution is -2.59. The van der Waals surface area contributed by atoms with E-state index in [2.05, 4.69) is 0 Å². The van der Waals surface area contributed by atoms with Crippen molar-refractivity contribution in [3.63, 3.8) is 0 Å². The van der Waals surface area contributed by atoms with Crippen LogP contribution in [0, 0.1) is 0 Å². The maximum Gasteiger partial charge on any atom is 0.187 e. The van der Waals surface area contributed by atoms with Crippen LogP contribution in [-0.4, -0.2) is 57.7 Å². The third-order valence-corrected chi connectivity index (χ3v) is 3.11. The lowest BCUT2D eigenvalue weighted by molar-refractivity contribution is -0.304. The largest absolute Gasteiger partial charge is 0.394 e. The van der Waals surface area contributed by atoms with E-state index in [4.69, 9.17) is 14.6 Å². The van der Waals surface area contributed by atoms with E-state index in [1.165, 1.54) is 0 Å². The van der Waals surface area contributed by atoms with E-state index in [1.54, 1.807) is 0 Å². The van der Waals surface area contributed by atoms with Crippen LogP contribution in [0.4, 0.5) is 0 Å². The zero-order valence-corrected chi connectivity index (χ0v) is 10.3. The van der Waals surface area contributed by atoms with Gasteiger partial charge in [0.15, 0.2) is 6.29 Å². The molecule has 106 valence electrons. The Hall–Kier alpha value is -1.02. The third kappa shape index (κ3) is 3.30. The van der Waals surface area contributed by atoms with Gasteiger partial charge in [-0.1, -0.05) is 30.3 Å². The van der Waals surface area contributed by atoms with Gasteiger partial charge >= 0.3 is 0 Å². The molecule has 4 N–H and O–H groups in total. The molecule has 0 amide bonds. The van der Waals surface area contributed by atoms with Crippen LogP contribution in [0.3, 0.4) is 0 Å². The van der Waals surface area contributed by atoms with Crippen molar-refractivity contribution in [2.75, 3.05) is 6.61 Å². The molecule has 1 fully saturated rings. The highest BCUT2D eigenvalue weighted by Gasteiger charge is 2.43. The van der Waals surface area contributed by atoms with Gasteiger partial charge in [-0.25, -0.2) is 0 Å². The Labute approximate surface area is 110 Å². The molecule has 0 radical (unpaired) electrons.